The maximum absolute atomic E-state index is 11.1. The molecule has 0 aromatic rings. The van der Waals surface area contributed by atoms with Gasteiger partial charge in [0.1, 0.15) is 6.07 Å². The van der Waals surface area contributed by atoms with Crippen LogP contribution in [0.15, 0.2) is 0 Å². The second kappa shape index (κ2) is 8.55. The van der Waals surface area contributed by atoms with Crippen LogP contribution in [0.1, 0.15) is 52.4 Å². The van der Waals surface area contributed by atoms with Crippen LogP contribution in [0.5, 0.6) is 0 Å². The zero-order chi connectivity index (χ0) is 10.8. The number of nitrogens with zero attached hydrogens (tertiary/aromatic N) is 1. The number of hydrogen-bond acceptors (Lipinski definition) is 3. The third kappa shape index (κ3) is 6.47. The smallest absolute Gasteiger partial charge is 0.307 e. The van der Waals surface area contributed by atoms with E-state index in [1.165, 1.54) is 0 Å². The highest BCUT2D eigenvalue weighted by Gasteiger charge is 2.11. The predicted molar refractivity (Wildman–Crippen MR) is 54.5 cm³/mol. The SMILES string of the molecule is CCCCCC(C#N)OC(=O)CCC. The number of unbranched alkanes of at least 4 members (excludes halogenated alkanes) is 2. The lowest BCUT2D eigenvalue weighted by Gasteiger charge is -2.09. The Labute approximate surface area is 86.1 Å². The van der Waals surface area contributed by atoms with Gasteiger partial charge in [0, 0.05) is 6.42 Å². The molecule has 0 saturated heterocycles. The summed E-state index contributed by atoms with van der Waals surface area (Å²) in [5.41, 5.74) is 0. The molecule has 3 heteroatoms. The standard InChI is InChI=1S/C11H19NO2/c1-3-5-6-8-10(9-12)14-11(13)7-4-2/h10H,3-8H2,1-2H3. The first-order chi connectivity index (χ1) is 6.74. The fourth-order valence-electron chi connectivity index (χ4n) is 1.15. The van der Waals surface area contributed by atoms with Crippen molar-refractivity contribution in [3.8, 4) is 6.07 Å². The molecular weight excluding hydrogens is 178 g/mol. The van der Waals surface area contributed by atoms with Gasteiger partial charge in [0.25, 0.3) is 0 Å². The first kappa shape index (κ1) is 13.0. The van der Waals surface area contributed by atoms with Crippen LogP contribution in [0.25, 0.3) is 0 Å². The van der Waals surface area contributed by atoms with E-state index in [4.69, 9.17) is 10.00 Å². The summed E-state index contributed by atoms with van der Waals surface area (Å²) in [5, 5.41) is 8.72. The second-order valence-electron chi connectivity index (χ2n) is 3.35. The summed E-state index contributed by atoms with van der Waals surface area (Å²) in [6, 6.07) is 2.01. The Balaban J connectivity index is 3.68. The van der Waals surface area contributed by atoms with Crippen LogP contribution < -0.4 is 0 Å². The van der Waals surface area contributed by atoms with E-state index in [0.717, 1.165) is 25.7 Å². The van der Waals surface area contributed by atoms with Crippen molar-refractivity contribution in [1.29, 1.82) is 5.26 Å². The van der Waals surface area contributed by atoms with Gasteiger partial charge in [-0.05, 0) is 19.3 Å². The largest absolute Gasteiger partial charge is 0.447 e. The van der Waals surface area contributed by atoms with Crippen molar-refractivity contribution < 1.29 is 9.53 Å². The van der Waals surface area contributed by atoms with Crippen molar-refractivity contribution in [2.75, 3.05) is 0 Å². The third-order valence-corrected chi connectivity index (χ3v) is 1.94. The average Bonchev–Trinajstić information content (AvgIpc) is 2.17. The highest BCUT2D eigenvalue weighted by molar-refractivity contribution is 5.69. The first-order valence-electron chi connectivity index (χ1n) is 5.33. The summed E-state index contributed by atoms with van der Waals surface area (Å²) < 4.78 is 4.99. The summed E-state index contributed by atoms with van der Waals surface area (Å²) in [4.78, 5) is 11.1. The van der Waals surface area contributed by atoms with E-state index in [2.05, 4.69) is 6.92 Å². The minimum atomic E-state index is -0.541. The Hall–Kier alpha value is -1.04. The fraction of sp³-hybridized carbons (Fsp3) is 0.818. The van der Waals surface area contributed by atoms with Crippen LogP contribution in [-0.2, 0) is 9.53 Å². The molecule has 3 nitrogen and oxygen atoms in total. The van der Waals surface area contributed by atoms with Crippen LogP contribution in [0, 0.1) is 11.3 Å². The van der Waals surface area contributed by atoms with Crippen molar-refractivity contribution >= 4 is 5.97 Å². The summed E-state index contributed by atoms with van der Waals surface area (Å²) in [5.74, 6) is -0.254. The molecule has 0 aromatic heterocycles. The molecule has 0 fully saturated rings. The molecule has 14 heavy (non-hydrogen) atoms. The quantitative estimate of drug-likeness (QED) is 0.466. The lowest BCUT2D eigenvalue weighted by atomic mass is 10.1. The van der Waals surface area contributed by atoms with Crippen molar-refractivity contribution in [2.45, 2.75) is 58.5 Å². The van der Waals surface area contributed by atoms with E-state index in [0.29, 0.717) is 12.8 Å². The Bertz CT molecular complexity index is 196. The zero-order valence-corrected chi connectivity index (χ0v) is 9.08. The summed E-state index contributed by atoms with van der Waals surface area (Å²) >= 11 is 0. The van der Waals surface area contributed by atoms with Crippen LogP contribution in [0.4, 0.5) is 0 Å². The van der Waals surface area contributed by atoms with Gasteiger partial charge in [-0.25, -0.2) is 0 Å². The van der Waals surface area contributed by atoms with E-state index >= 15 is 0 Å². The molecule has 0 saturated carbocycles. The minimum absolute atomic E-state index is 0.254. The number of carbonyl (C=O) groups excluding carboxylic acids is 1. The lowest BCUT2D eigenvalue weighted by Crippen LogP contribution is -2.16. The summed E-state index contributed by atoms with van der Waals surface area (Å²) in [6.07, 6.45) is 4.46. The van der Waals surface area contributed by atoms with E-state index in [9.17, 15) is 4.79 Å². The number of esters is 1. The molecule has 0 aliphatic carbocycles. The minimum Gasteiger partial charge on any atom is -0.447 e. The highest BCUT2D eigenvalue weighted by atomic mass is 16.5. The topological polar surface area (TPSA) is 50.1 Å². The molecular formula is C11H19NO2. The molecule has 0 bridgehead atoms. The van der Waals surface area contributed by atoms with Crippen molar-refractivity contribution in [1.82, 2.24) is 0 Å². The molecule has 0 aromatic carbocycles. The van der Waals surface area contributed by atoms with Gasteiger partial charge >= 0.3 is 5.97 Å². The Morgan fingerprint density at radius 2 is 2.07 bits per heavy atom. The first-order valence-corrected chi connectivity index (χ1v) is 5.33. The van der Waals surface area contributed by atoms with E-state index in [1.807, 2.05) is 13.0 Å². The molecule has 0 spiro atoms. The monoisotopic (exact) mass is 197 g/mol. The summed E-state index contributed by atoms with van der Waals surface area (Å²) in [6.45, 7) is 4.02. The third-order valence-electron chi connectivity index (χ3n) is 1.94. The molecule has 1 unspecified atom stereocenters. The van der Waals surface area contributed by atoms with Gasteiger partial charge in [-0.3, -0.25) is 4.79 Å². The van der Waals surface area contributed by atoms with E-state index in [1.54, 1.807) is 0 Å². The number of carbonyl (C=O) groups is 1. The lowest BCUT2D eigenvalue weighted by molar-refractivity contribution is -0.146. The van der Waals surface area contributed by atoms with Crippen LogP contribution in [0.3, 0.4) is 0 Å². The van der Waals surface area contributed by atoms with E-state index in [-0.39, 0.29) is 5.97 Å². The molecule has 0 aliphatic rings. The maximum Gasteiger partial charge on any atom is 0.307 e. The van der Waals surface area contributed by atoms with Crippen molar-refractivity contribution in [3.05, 3.63) is 0 Å². The Kier molecular flexibility index (Phi) is 7.92. The second-order valence-corrected chi connectivity index (χ2v) is 3.35. The van der Waals surface area contributed by atoms with Gasteiger partial charge in [-0.1, -0.05) is 26.7 Å². The van der Waals surface area contributed by atoms with Gasteiger partial charge in [-0.2, -0.15) is 5.26 Å². The molecule has 80 valence electrons. The molecule has 1 atom stereocenters. The van der Waals surface area contributed by atoms with E-state index < -0.39 is 6.10 Å². The molecule has 0 rings (SSSR count). The molecule has 0 aliphatic heterocycles. The maximum atomic E-state index is 11.1. The number of ether oxygens (including phenoxy) is 1. The summed E-state index contributed by atoms with van der Waals surface area (Å²) in [7, 11) is 0. The Morgan fingerprint density at radius 3 is 2.57 bits per heavy atom. The average molecular weight is 197 g/mol. The predicted octanol–water partition coefficient (Wildman–Crippen LogP) is 2.80. The molecule has 0 heterocycles. The van der Waals surface area contributed by atoms with Gasteiger partial charge < -0.3 is 4.74 Å². The number of rotatable bonds is 7. The van der Waals surface area contributed by atoms with Crippen LogP contribution >= 0.6 is 0 Å². The normalized spacial score (nSPS) is 11.8. The molecule has 0 N–H and O–H groups in total. The highest BCUT2D eigenvalue weighted by Crippen LogP contribution is 2.07. The zero-order valence-electron chi connectivity index (χ0n) is 9.08. The number of nitriles is 1. The van der Waals surface area contributed by atoms with Gasteiger partial charge in [0.2, 0.25) is 0 Å². The van der Waals surface area contributed by atoms with Crippen molar-refractivity contribution in [2.24, 2.45) is 0 Å². The van der Waals surface area contributed by atoms with Gasteiger partial charge in [0.05, 0.1) is 0 Å². The van der Waals surface area contributed by atoms with Crippen LogP contribution in [0.2, 0.25) is 0 Å². The fourth-order valence-corrected chi connectivity index (χ4v) is 1.15. The molecule has 0 amide bonds. The van der Waals surface area contributed by atoms with Crippen LogP contribution in [-0.4, -0.2) is 12.1 Å². The number of hydrogen-bond donors (Lipinski definition) is 0. The van der Waals surface area contributed by atoms with Gasteiger partial charge in [-0.15, -0.1) is 0 Å². The Morgan fingerprint density at radius 1 is 1.36 bits per heavy atom. The van der Waals surface area contributed by atoms with Gasteiger partial charge in [0.15, 0.2) is 6.10 Å². The van der Waals surface area contributed by atoms with Crippen molar-refractivity contribution in [3.63, 3.8) is 0 Å². The molecule has 0 radical (unpaired) electrons.